The van der Waals surface area contributed by atoms with Gasteiger partial charge in [-0.05, 0) is 35.9 Å². The Hall–Kier alpha value is -2.25. The number of carbonyl (C=O) groups excluding carboxylic acids is 1. The van der Waals surface area contributed by atoms with Crippen LogP contribution in [-0.4, -0.2) is 22.5 Å². The van der Waals surface area contributed by atoms with Crippen LogP contribution in [0.5, 0.6) is 0 Å². The minimum atomic E-state index is -0.933. The maximum Gasteiger partial charge on any atom is 0.269 e. The molecule has 0 fully saturated rings. The third kappa shape index (κ3) is 4.12. The number of rotatable bonds is 5. The monoisotopic (exact) mass is 364 g/mol. The highest BCUT2D eigenvalue weighted by Gasteiger charge is 2.12. The van der Waals surface area contributed by atoms with Crippen molar-refractivity contribution >= 4 is 27.5 Å². The van der Waals surface area contributed by atoms with E-state index in [1.54, 1.807) is 18.2 Å². The Morgan fingerprint density at radius 1 is 1.27 bits per heavy atom. The molecule has 0 bridgehead atoms. The third-order valence-corrected chi connectivity index (χ3v) is 3.52. The lowest BCUT2D eigenvalue weighted by Crippen LogP contribution is -2.28. The first-order chi connectivity index (χ1) is 10.5. The molecule has 1 atom stereocenters. The highest BCUT2D eigenvalue weighted by molar-refractivity contribution is 9.10. The van der Waals surface area contributed by atoms with Gasteiger partial charge >= 0.3 is 0 Å². The zero-order valence-corrected chi connectivity index (χ0v) is 13.0. The van der Waals surface area contributed by atoms with Crippen molar-refractivity contribution in [2.45, 2.75) is 6.10 Å². The van der Waals surface area contributed by atoms with Crippen molar-refractivity contribution < 1.29 is 14.8 Å². The van der Waals surface area contributed by atoms with Gasteiger partial charge in [0.25, 0.3) is 11.6 Å². The van der Waals surface area contributed by atoms with Crippen LogP contribution in [0.15, 0.2) is 53.0 Å². The Labute approximate surface area is 135 Å². The second-order valence-corrected chi connectivity index (χ2v) is 5.50. The molecular weight excluding hydrogens is 352 g/mol. The lowest BCUT2D eigenvalue weighted by Gasteiger charge is -2.12. The molecule has 0 aliphatic heterocycles. The van der Waals surface area contributed by atoms with Crippen LogP contribution in [0.2, 0.25) is 0 Å². The summed E-state index contributed by atoms with van der Waals surface area (Å²) in [6.07, 6.45) is -0.933. The number of aliphatic hydroxyl groups excluding tert-OH is 1. The number of benzene rings is 2. The molecule has 6 nitrogen and oxygen atoms in total. The van der Waals surface area contributed by atoms with Crippen LogP contribution >= 0.6 is 15.9 Å². The Morgan fingerprint density at radius 3 is 2.55 bits per heavy atom. The molecule has 2 N–H and O–H groups in total. The van der Waals surface area contributed by atoms with E-state index in [0.29, 0.717) is 11.1 Å². The molecule has 22 heavy (non-hydrogen) atoms. The van der Waals surface area contributed by atoms with Crippen molar-refractivity contribution in [3.05, 3.63) is 74.2 Å². The summed E-state index contributed by atoms with van der Waals surface area (Å²) in [5.41, 5.74) is 0.930. The summed E-state index contributed by atoms with van der Waals surface area (Å²) >= 11 is 3.28. The summed E-state index contributed by atoms with van der Waals surface area (Å²) < 4.78 is 0.788. The van der Waals surface area contributed by atoms with Gasteiger partial charge in [0, 0.05) is 28.7 Å². The Balaban J connectivity index is 1.96. The fourth-order valence-corrected chi connectivity index (χ4v) is 2.26. The van der Waals surface area contributed by atoms with Crippen LogP contribution in [0.1, 0.15) is 22.0 Å². The molecule has 0 saturated carbocycles. The fourth-order valence-electron chi connectivity index (χ4n) is 1.86. The lowest BCUT2D eigenvalue weighted by atomic mass is 10.1. The van der Waals surface area contributed by atoms with E-state index in [0.717, 1.165) is 4.47 Å². The third-order valence-electron chi connectivity index (χ3n) is 3.03. The molecule has 2 aromatic carbocycles. The molecule has 1 amide bonds. The molecular formula is C15H13BrN2O4. The number of halogens is 1. The number of non-ortho nitro benzene ring substituents is 1. The van der Waals surface area contributed by atoms with E-state index in [4.69, 9.17) is 0 Å². The minimum absolute atomic E-state index is 0.0170. The van der Waals surface area contributed by atoms with Gasteiger partial charge in [-0.2, -0.15) is 0 Å². The van der Waals surface area contributed by atoms with Gasteiger partial charge in [0.15, 0.2) is 0 Å². The predicted molar refractivity (Wildman–Crippen MR) is 84.5 cm³/mol. The molecule has 0 radical (unpaired) electrons. The van der Waals surface area contributed by atoms with E-state index in [1.165, 1.54) is 24.3 Å². The van der Waals surface area contributed by atoms with Crippen molar-refractivity contribution in [2.24, 2.45) is 0 Å². The van der Waals surface area contributed by atoms with Gasteiger partial charge in [-0.3, -0.25) is 14.9 Å². The number of carbonyl (C=O) groups is 1. The molecule has 2 aromatic rings. The first-order valence-corrected chi connectivity index (χ1v) is 7.23. The number of amides is 1. The smallest absolute Gasteiger partial charge is 0.269 e. The van der Waals surface area contributed by atoms with E-state index in [2.05, 4.69) is 21.2 Å². The largest absolute Gasteiger partial charge is 0.387 e. The number of aliphatic hydroxyl groups is 1. The number of nitrogens with zero attached hydrogens (tertiary/aromatic N) is 1. The SMILES string of the molecule is O=C(NCC(O)c1ccc([N+](=O)[O-])cc1)c1cccc(Br)c1. The second-order valence-electron chi connectivity index (χ2n) is 4.58. The van der Waals surface area contributed by atoms with E-state index in [9.17, 15) is 20.0 Å². The molecule has 7 heteroatoms. The predicted octanol–water partition coefficient (Wildman–Crippen LogP) is 2.82. The maximum atomic E-state index is 11.9. The van der Waals surface area contributed by atoms with Crippen LogP contribution in [0.3, 0.4) is 0 Å². The molecule has 114 valence electrons. The summed E-state index contributed by atoms with van der Waals surface area (Å²) in [5, 5.41) is 23.2. The van der Waals surface area contributed by atoms with Crippen LogP contribution < -0.4 is 5.32 Å². The quantitative estimate of drug-likeness (QED) is 0.630. The van der Waals surface area contributed by atoms with Crippen molar-refractivity contribution in [1.82, 2.24) is 5.32 Å². The van der Waals surface area contributed by atoms with Crippen molar-refractivity contribution in [2.75, 3.05) is 6.54 Å². The van der Waals surface area contributed by atoms with Gasteiger partial charge in [0.2, 0.25) is 0 Å². The summed E-state index contributed by atoms with van der Waals surface area (Å²) in [4.78, 5) is 22.0. The van der Waals surface area contributed by atoms with Gasteiger partial charge in [-0.25, -0.2) is 0 Å². The van der Waals surface area contributed by atoms with Crippen molar-refractivity contribution in [1.29, 1.82) is 0 Å². The first kappa shape index (κ1) is 16.1. The zero-order valence-electron chi connectivity index (χ0n) is 11.4. The molecule has 0 heterocycles. The molecule has 0 aliphatic rings. The summed E-state index contributed by atoms with van der Waals surface area (Å²) in [7, 11) is 0. The lowest BCUT2D eigenvalue weighted by molar-refractivity contribution is -0.384. The Morgan fingerprint density at radius 2 is 1.95 bits per heavy atom. The zero-order chi connectivity index (χ0) is 16.1. The van der Waals surface area contributed by atoms with E-state index in [-0.39, 0.29) is 18.1 Å². The molecule has 0 aliphatic carbocycles. The molecule has 0 saturated heterocycles. The van der Waals surface area contributed by atoms with E-state index < -0.39 is 11.0 Å². The molecule has 1 unspecified atom stereocenters. The Bertz CT molecular complexity index is 688. The van der Waals surface area contributed by atoms with Gasteiger partial charge in [-0.1, -0.05) is 22.0 Å². The van der Waals surface area contributed by atoms with Gasteiger partial charge < -0.3 is 10.4 Å². The average Bonchev–Trinajstić information content (AvgIpc) is 2.52. The molecule has 0 aromatic heterocycles. The summed E-state index contributed by atoms with van der Waals surface area (Å²) in [5.74, 6) is -0.303. The molecule has 0 spiro atoms. The number of hydrogen-bond donors (Lipinski definition) is 2. The van der Waals surface area contributed by atoms with Crippen molar-refractivity contribution in [3.63, 3.8) is 0 Å². The van der Waals surface area contributed by atoms with Gasteiger partial charge in [-0.15, -0.1) is 0 Å². The first-order valence-electron chi connectivity index (χ1n) is 6.43. The number of nitrogens with one attached hydrogen (secondary N) is 1. The highest BCUT2D eigenvalue weighted by Crippen LogP contribution is 2.17. The highest BCUT2D eigenvalue weighted by atomic mass is 79.9. The number of nitro groups is 1. The number of nitro benzene ring substituents is 1. The van der Waals surface area contributed by atoms with Crippen molar-refractivity contribution in [3.8, 4) is 0 Å². The summed E-state index contributed by atoms with van der Waals surface area (Å²) in [6.45, 7) is 0.0170. The normalized spacial score (nSPS) is 11.7. The Kier molecular flexibility index (Phi) is 5.24. The molecule has 2 rings (SSSR count). The average molecular weight is 365 g/mol. The second kappa shape index (κ2) is 7.15. The van der Waals surface area contributed by atoms with Crippen LogP contribution in [0.25, 0.3) is 0 Å². The van der Waals surface area contributed by atoms with Crippen LogP contribution in [-0.2, 0) is 0 Å². The maximum absolute atomic E-state index is 11.9. The van der Waals surface area contributed by atoms with Crippen LogP contribution in [0, 0.1) is 10.1 Å². The van der Waals surface area contributed by atoms with Gasteiger partial charge in [0.1, 0.15) is 0 Å². The standard InChI is InChI=1S/C15H13BrN2O4/c16-12-3-1-2-11(8-12)15(20)17-9-14(19)10-4-6-13(7-5-10)18(21)22/h1-8,14,19H,9H2,(H,17,20). The summed E-state index contributed by atoms with van der Waals surface area (Å²) in [6, 6.07) is 12.5. The fraction of sp³-hybridized carbons (Fsp3) is 0.133. The van der Waals surface area contributed by atoms with E-state index in [1.807, 2.05) is 6.07 Å². The topological polar surface area (TPSA) is 92.5 Å². The minimum Gasteiger partial charge on any atom is -0.387 e. The number of hydrogen-bond acceptors (Lipinski definition) is 4. The van der Waals surface area contributed by atoms with E-state index >= 15 is 0 Å². The van der Waals surface area contributed by atoms with Crippen LogP contribution in [0.4, 0.5) is 5.69 Å². The van der Waals surface area contributed by atoms with Gasteiger partial charge in [0.05, 0.1) is 11.0 Å².